The summed E-state index contributed by atoms with van der Waals surface area (Å²) in [5.74, 6) is -0.815. The average molecular weight is 288 g/mol. The lowest BCUT2D eigenvalue weighted by atomic mass is 10.1. The van der Waals surface area contributed by atoms with E-state index >= 15 is 0 Å². The number of amides is 1. The number of hydrogen-bond donors (Lipinski definition) is 2. The Bertz CT molecular complexity index is 387. The number of alkyl carbamates (subject to hydrolysis) is 1. The molecule has 0 aliphatic carbocycles. The van der Waals surface area contributed by atoms with Crippen molar-refractivity contribution < 1.29 is 24.2 Å². The van der Waals surface area contributed by atoms with Gasteiger partial charge in [-0.15, -0.1) is 0 Å². The van der Waals surface area contributed by atoms with Crippen LogP contribution in [0.5, 0.6) is 0 Å². The monoisotopic (exact) mass is 288 g/mol. The van der Waals surface area contributed by atoms with Crippen LogP contribution in [-0.4, -0.2) is 48.6 Å². The Balaban J connectivity index is 4.67. The smallest absolute Gasteiger partial charge is 0.408 e. The molecule has 0 aromatic heterocycles. The summed E-state index contributed by atoms with van der Waals surface area (Å²) < 4.78 is 9.49. The van der Waals surface area contributed by atoms with Crippen molar-refractivity contribution in [3.8, 4) is 0 Å². The third-order valence-corrected chi connectivity index (χ3v) is 2.10. The summed E-state index contributed by atoms with van der Waals surface area (Å²) in [7, 11) is 1.13. The van der Waals surface area contributed by atoms with Gasteiger partial charge in [-0.25, -0.2) is 9.59 Å². The Hall–Kier alpha value is -1.99. The van der Waals surface area contributed by atoms with Gasteiger partial charge in [-0.1, -0.05) is 5.11 Å². The molecule has 0 aromatic rings. The third kappa shape index (κ3) is 7.45. The molecule has 0 aromatic carbocycles. The third-order valence-electron chi connectivity index (χ3n) is 2.10. The molecule has 1 amide bonds. The summed E-state index contributed by atoms with van der Waals surface area (Å²) in [6.07, 6.45) is -2.10. The fourth-order valence-electron chi connectivity index (χ4n) is 1.28. The average Bonchev–Trinajstić information content (AvgIpc) is 2.33. The van der Waals surface area contributed by atoms with Crippen molar-refractivity contribution >= 4 is 12.1 Å². The number of carbonyl (C=O) groups is 2. The zero-order valence-electron chi connectivity index (χ0n) is 12.0. The van der Waals surface area contributed by atoms with Gasteiger partial charge in [-0.05, 0) is 32.7 Å². The second-order valence-corrected chi connectivity index (χ2v) is 4.96. The second kappa shape index (κ2) is 8.23. The standard InChI is InChI=1S/C11H20N4O5/c1-11(2,3)20-10(18)14-8(9(17)19-4)7(16)5-6-13-15-12/h7-8,16H,5-6H2,1-4H3,(H,14,18)/t7-,8+/m1/s1. The summed E-state index contributed by atoms with van der Waals surface area (Å²) in [5.41, 5.74) is 7.41. The van der Waals surface area contributed by atoms with E-state index in [4.69, 9.17) is 10.3 Å². The molecular formula is C11H20N4O5. The Morgan fingerprint density at radius 3 is 2.50 bits per heavy atom. The summed E-state index contributed by atoms with van der Waals surface area (Å²) in [5, 5.41) is 15.3. The molecule has 0 radical (unpaired) electrons. The highest BCUT2D eigenvalue weighted by atomic mass is 16.6. The van der Waals surface area contributed by atoms with Gasteiger partial charge in [0.2, 0.25) is 0 Å². The van der Waals surface area contributed by atoms with E-state index in [1.165, 1.54) is 0 Å². The van der Waals surface area contributed by atoms with Crippen LogP contribution < -0.4 is 5.32 Å². The van der Waals surface area contributed by atoms with Crippen molar-refractivity contribution in [2.45, 2.75) is 44.9 Å². The maximum atomic E-state index is 11.6. The van der Waals surface area contributed by atoms with E-state index in [1.54, 1.807) is 20.8 Å². The summed E-state index contributed by atoms with van der Waals surface area (Å²) in [6.45, 7) is 4.98. The van der Waals surface area contributed by atoms with E-state index in [2.05, 4.69) is 20.1 Å². The Labute approximate surface area is 116 Å². The molecular weight excluding hydrogens is 268 g/mol. The number of nitrogens with zero attached hydrogens (tertiary/aromatic N) is 3. The van der Waals surface area contributed by atoms with Gasteiger partial charge in [0.25, 0.3) is 0 Å². The van der Waals surface area contributed by atoms with Crippen molar-refractivity contribution in [1.29, 1.82) is 0 Å². The van der Waals surface area contributed by atoms with Crippen LogP contribution in [0, 0.1) is 0 Å². The molecule has 9 nitrogen and oxygen atoms in total. The SMILES string of the molecule is COC(=O)[C@@H](NC(=O)OC(C)(C)C)[C@H](O)CCN=[N+]=[N-]. The van der Waals surface area contributed by atoms with E-state index in [1.807, 2.05) is 0 Å². The lowest BCUT2D eigenvalue weighted by Gasteiger charge is -2.24. The van der Waals surface area contributed by atoms with Crippen molar-refractivity contribution in [1.82, 2.24) is 5.32 Å². The molecule has 0 bridgehead atoms. The normalized spacial score (nSPS) is 13.7. The minimum atomic E-state index is -1.29. The molecule has 20 heavy (non-hydrogen) atoms. The first-order valence-electron chi connectivity index (χ1n) is 5.97. The predicted molar refractivity (Wildman–Crippen MR) is 69.8 cm³/mol. The molecule has 0 rings (SSSR count). The maximum Gasteiger partial charge on any atom is 0.408 e. The number of methoxy groups -OCH3 is 1. The van der Waals surface area contributed by atoms with E-state index in [-0.39, 0.29) is 13.0 Å². The molecule has 9 heteroatoms. The lowest BCUT2D eigenvalue weighted by molar-refractivity contribution is -0.146. The van der Waals surface area contributed by atoms with Crippen LogP contribution in [0.15, 0.2) is 5.11 Å². The van der Waals surface area contributed by atoms with E-state index < -0.39 is 29.8 Å². The molecule has 0 heterocycles. The van der Waals surface area contributed by atoms with Crippen LogP contribution in [0.25, 0.3) is 10.4 Å². The minimum Gasteiger partial charge on any atom is -0.467 e. The van der Waals surface area contributed by atoms with Crippen LogP contribution in [0.1, 0.15) is 27.2 Å². The van der Waals surface area contributed by atoms with Gasteiger partial charge in [0, 0.05) is 11.5 Å². The van der Waals surface area contributed by atoms with Crippen molar-refractivity contribution in [2.24, 2.45) is 5.11 Å². The van der Waals surface area contributed by atoms with Gasteiger partial charge in [0.05, 0.1) is 13.2 Å². The number of carbonyl (C=O) groups excluding carboxylic acids is 2. The number of aliphatic hydroxyl groups excluding tert-OH is 1. The zero-order valence-corrected chi connectivity index (χ0v) is 12.0. The number of azide groups is 1. The van der Waals surface area contributed by atoms with Gasteiger partial charge in [0.15, 0.2) is 6.04 Å². The number of esters is 1. The zero-order chi connectivity index (χ0) is 15.8. The molecule has 0 spiro atoms. The van der Waals surface area contributed by atoms with Crippen LogP contribution >= 0.6 is 0 Å². The fraction of sp³-hybridized carbons (Fsp3) is 0.818. The van der Waals surface area contributed by atoms with E-state index in [0.717, 1.165) is 7.11 Å². The molecule has 2 N–H and O–H groups in total. The van der Waals surface area contributed by atoms with Crippen molar-refractivity contribution in [2.75, 3.05) is 13.7 Å². The Morgan fingerprint density at radius 1 is 1.45 bits per heavy atom. The first-order valence-corrected chi connectivity index (χ1v) is 5.97. The molecule has 0 saturated heterocycles. The molecule has 0 unspecified atom stereocenters. The second-order valence-electron chi connectivity index (χ2n) is 4.96. The van der Waals surface area contributed by atoms with E-state index in [9.17, 15) is 14.7 Å². The van der Waals surface area contributed by atoms with Crippen LogP contribution in [0.2, 0.25) is 0 Å². The van der Waals surface area contributed by atoms with Crippen LogP contribution in [0.4, 0.5) is 4.79 Å². The molecule has 0 aliphatic heterocycles. The predicted octanol–water partition coefficient (Wildman–Crippen LogP) is 1.11. The van der Waals surface area contributed by atoms with Gasteiger partial charge >= 0.3 is 12.1 Å². The molecule has 0 saturated carbocycles. The highest BCUT2D eigenvalue weighted by Crippen LogP contribution is 2.08. The maximum absolute atomic E-state index is 11.6. The number of nitrogens with one attached hydrogen (secondary N) is 1. The topological polar surface area (TPSA) is 134 Å². The summed E-state index contributed by atoms with van der Waals surface area (Å²) in [6, 6.07) is -1.29. The molecule has 0 fully saturated rings. The van der Waals surface area contributed by atoms with Crippen LogP contribution in [0.3, 0.4) is 0 Å². The minimum absolute atomic E-state index is 0.000372. The largest absolute Gasteiger partial charge is 0.467 e. The molecule has 0 aliphatic rings. The highest BCUT2D eigenvalue weighted by molar-refractivity contribution is 5.82. The first kappa shape index (κ1) is 18.0. The number of hydrogen-bond acceptors (Lipinski definition) is 6. The number of ether oxygens (including phenoxy) is 2. The molecule has 114 valence electrons. The van der Waals surface area contributed by atoms with Gasteiger partial charge < -0.3 is 19.9 Å². The quantitative estimate of drug-likeness (QED) is 0.327. The van der Waals surface area contributed by atoms with Gasteiger partial charge in [-0.2, -0.15) is 0 Å². The van der Waals surface area contributed by atoms with Crippen LogP contribution in [-0.2, 0) is 14.3 Å². The number of rotatable bonds is 6. The van der Waals surface area contributed by atoms with Gasteiger partial charge in [-0.3, -0.25) is 0 Å². The first-order chi connectivity index (χ1) is 9.21. The summed E-state index contributed by atoms with van der Waals surface area (Å²) in [4.78, 5) is 25.6. The Morgan fingerprint density at radius 2 is 2.05 bits per heavy atom. The Kier molecular flexibility index (Phi) is 7.42. The fourth-order valence-corrected chi connectivity index (χ4v) is 1.28. The molecule has 2 atom stereocenters. The van der Waals surface area contributed by atoms with E-state index in [0.29, 0.717) is 0 Å². The number of aliphatic hydroxyl groups is 1. The van der Waals surface area contributed by atoms with Gasteiger partial charge in [0.1, 0.15) is 5.60 Å². The lowest BCUT2D eigenvalue weighted by Crippen LogP contribution is -2.50. The van der Waals surface area contributed by atoms with Crippen molar-refractivity contribution in [3.05, 3.63) is 10.4 Å². The highest BCUT2D eigenvalue weighted by Gasteiger charge is 2.30. The van der Waals surface area contributed by atoms with Crippen molar-refractivity contribution in [3.63, 3.8) is 0 Å². The summed E-state index contributed by atoms with van der Waals surface area (Å²) >= 11 is 0.